The number of amides is 2. The van der Waals surface area contributed by atoms with E-state index in [4.69, 9.17) is 9.47 Å². The zero-order valence-corrected chi connectivity index (χ0v) is 16.9. The number of fused-ring (bicyclic) bond motifs is 2. The van der Waals surface area contributed by atoms with Crippen LogP contribution < -0.4 is 0 Å². The third kappa shape index (κ3) is 3.58. The van der Waals surface area contributed by atoms with Crippen LogP contribution >= 0.6 is 0 Å². The molecule has 3 heterocycles. The average Bonchev–Trinajstić information content (AvgIpc) is 3.34. The van der Waals surface area contributed by atoms with E-state index < -0.39 is 5.60 Å². The normalized spacial score (nSPS) is 31.9. The summed E-state index contributed by atoms with van der Waals surface area (Å²) in [5, 5.41) is 0. The molecule has 0 aromatic heterocycles. The molecule has 3 atom stereocenters. The summed E-state index contributed by atoms with van der Waals surface area (Å²) in [6, 6.07) is 10.4. The molecule has 1 spiro atoms. The molecule has 1 aromatic rings. The maximum absolute atomic E-state index is 12.8. The summed E-state index contributed by atoms with van der Waals surface area (Å²) in [6.07, 6.45) is 8.58. The van der Waals surface area contributed by atoms with E-state index in [1.165, 1.54) is 12.8 Å². The van der Waals surface area contributed by atoms with E-state index in [9.17, 15) is 9.59 Å². The van der Waals surface area contributed by atoms with E-state index in [-0.39, 0.29) is 24.3 Å². The van der Waals surface area contributed by atoms with Gasteiger partial charge in [-0.3, -0.25) is 0 Å². The Hall–Kier alpha value is -2.24. The van der Waals surface area contributed by atoms with Crippen LogP contribution in [-0.4, -0.2) is 52.3 Å². The molecule has 156 valence electrons. The van der Waals surface area contributed by atoms with E-state index in [0.29, 0.717) is 12.6 Å². The molecule has 3 saturated heterocycles. The Morgan fingerprint density at radius 2 is 1.72 bits per heavy atom. The van der Waals surface area contributed by atoms with Gasteiger partial charge in [-0.15, -0.1) is 0 Å². The van der Waals surface area contributed by atoms with Crippen molar-refractivity contribution in [1.29, 1.82) is 0 Å². The molecule has 29 heavy (non-hydrogen) atoms. The van der Waals surface area contributed by atoms with Crippen LogP contribution in [0.25, 0.3) is 0 Å². The predicted molar refractivity (Wildman–Crippen MR) is 107 cm³/mol. The topological polar surface area (TPSA) is 59.1 Å². The van der Waals surface area contributed by atoms with Crippen LogP contribution in [0.3, 0.4) is 0 Å². The molecule has 3 aliphatic heterocycles. The number of hydrogen-bond acceptors (Lipinski definition) is 4. The van der Waals surface area contributed by atoms with Crippen molar-refractivity contribution in [3.05, 3.63) is 35.9 Å². The van der Waals surface area contributed by atoms with Gasteiger partial charge in [0.15, 0.2) is 0 Å². The van der Waals surface area contributed by atoms with Crippen LogP contribution in [0.1, 0.15) is 63.4 Å². The van der Waals surface area contributed by atoms with Crippen LogP contribution in [0.4, 0.5) is 9.59 Å². The number of carbonyl (C=O) groups is 2. The molecule has 6 nitrogen and oxygen atoms in total. The minimum absolute atomic E-state index is 0.114. The molecule has 6 heteroatoms. The first-order valence-corrected chi connectivity index (χ1v) is 11.1. The SMILES string of the molecule is O=C1OC2(CCN1C1CCCC1)C[C@H]1CC[C@@H](C2)N1C(=O)OCc1ccccc1. The largest absolute Gasteiger partial charge is 0.445 e. The highest BCUT2D eigenvalue weighted by Crippen LogP contribution is 2.46. The van der Waals surface area contributed by atoms with Gasteiger partial charge in [-0.2, -0.15) is 0 Å². The number of ether oxygens (including phenoxy) is 2. The van der Waals surface area contributed by atoms with E-state index in [0.717, 1.165) is 57.1 Å². The first kappa shape index (κ1) is 18.8. The molecule has 2 amide bonds. The third-order valence-corrected chi connectivity index (χ3v) is 7.36. The standard InChI is InChI=1S/C23H30N2O4/c26-21-24(18-8-4-5-9-18)13-12-23(29-21)14-19-10-11-20(15-23)25(19)22(27)28-16-17-6-2-1-3-7-17/h1-3,6-7,18-20H,4-5,8-16H2/t19-,20+,23?. The average molecular weight is 399 g/mol. The van der Waals surface area contributed by atoms with E-state index >= 15 is 0 Å². The summed E-state index contributed by atoms with van der Waals surface area (Å²) in [5.41, 5.74) is 0.601. The number of piperidine rings is 1. The van der Waals surface area contributed by atoms with Crippen molar-refractivity contribution in [2.45, 2.75) is 88.1 Å². The minimum atomic E-state index is -0.395. The second-order valence-electron chi connectivity index (χ2n) is 9.17. The third-order valence-electron chi connectivity index (χ3n) is 7.36. The number of hydrogen-bond donors (Lipinski definition) is 0. The van der Waals surface area contributed by atoms with Crippen LogP contribution in [0.5, 0.6) is 0 Å². The molecule has 1 aliphatic carbocycles. The summed E-state index contributed by atoms with van der Waals surface area (Å²) in [4.78, 5) is 29.4. The van der Waals surface area contributed by atoms with E-state index in [1.807, 2.05) is 40.1 Å². The Bertz CT molecular complexity index is 747. The fourth-order valence-electron chi connectivity index (χ4n) is 5.94. The fraction of sp³-hybridized carbons (Fsp3) is 0.652. The monoisotopic (exact) mass is 398 g/mol. The van der Waals surface area contributed by atoms with Gasteiger partial charge in [0.1, 0.15) is 12.2 Å². The highest BCUT2D eigenvalue weighted by atomic mass is 16.6. The van der Waals surface area contributed by atoms with Gasteiger partial charge in [0.2, 0.25) is 0 Å². The lowest BCUT2D eigenvalue weighted by atomic mass is 9.82. The van der Waals surface area contributed by atoms with Crippen molar-refractivity contribution in [1.82, 2.24) is 9.80 Å². The highest BCUT2D eigenvalue weighted by Gasteiger charge is 2.54. The first-order valence-electron chi connectivity index (χ1n) is 11.1. The van der Waals surface area contributed by atoms with Crippen LogP contribution in [0.15, 0.2) is 30.3 Å². The number of benzene rings is 1. The van der Waals surface area contributed by atoms with E-state index in [2.05, 4.69) is 0 Å². The van der Waals surface area contributed by atoms with Gasteiger partial charge in [0.05, 0.1) is 0 Å². The van der Waals surface area contributed by atoms with Crippen LogP contribution in [0, 0.1) is 0 Å². The van der Waals surface area contributed by atoms with Gasteiger partial charge in [-0.1, -0.05) is 43.2 Å². The molecule has 0 N–H and O–H groups in total. The lowest BCUT2D eigenvalue weighted by Crippen LogP contribution is -2.60. The smallest absolute Gasteiger partial charge is 0.410 e. The Labute approximate surface area is 172 Å². The molecular formula is C23H30N2O4. The maximum Gasteiger partial charge on any atom is 0.410 e. The summed E-state index contributed by atoms with van der Waals surface area (Å²) in [5.74, 6) is 0. The number of nitrogens with zero attached hydrogens (tertiary/aromatic N) is 2. The quantitative estimate of drug-likeness (QED) is 0.754. The first-order chi connectivity index (χ1) is 14.1. The number of rotatable bonds is 3. The molecule has 1 saturated carbocycles. The second kappa shape index (κ2) is 7.54. The Morgan fingerprint density at radius 3 is 2.38 bits per heavy atom. The molecule has 5 rings (SSSR count). The van der Waals surface area contributed by atoms with Crippen molar-refractivity contribution in [2.24, 2.45) is 0 Å². The van der Waals surface area contributed by atoms with Crippen LogP contribution in [-0.2, 0) is 16.1 Å². The molecule has 2 bridgehead atoms. The second-order valence-corrected chi connectivity index (χ2v) is 9.17. The van der Waals surface area contributed by atoms with Crippen molar-refractivity contribution >= 4 is 12.2 Å². The molecular weight excluding hydrogens is 368 g/mol. The van der Waals surface area contributed by atoms with Gasteiger partial charge in [-0.05, 0) is 31.2 Å². The fourth-order valence-corrected chi connectivity index (χ4v) is 5.94. The van der Waals surface area contributed by atoms with Crippen LogP contribution in [0.2, 0.25) is 0 Å². The summed E-state index contributed by atoms with van der Waals surface area (Å²) in [6.45, 7) is 1.09. The van der Waals surface area contributed by atoms with E-state index in [1.54, 1.807) is 0 Å². The zero-order chi connectivity index (χ0) is 19.8. The number of carbonyl (C=O) groups excluding carboxylic acids is 2. The lowest BCUT2D eigenvalue weighted by Gasteiger charge is -2.49. The lowest BCUT2D eigenvalue weighted by molar-refractivity contribution is -0.101. The summed E-state index contributed by atoms with van der Waals surface area (Å²) >= 11 is 0. The predicted octanol–water partition coefficient (Wildman–Crippen LogP) is 4.47. The molecule has 4 fully saturated rings. The van der Waals surface area contributed by atoms with Gasteiger partial charge in [0, 0.05) is 43.9 Å². The van der Waals surface area contributed by atoms with Crippen molar-refractivity contribution in [3.8, 4) is 0 Å². The van der Waals surface area contributed by atoms with Crippen molar-refractivity contribution < 1.29 is 19.1 Å². The van der Waals surface area contributed by atoms with Gasteiger partial charge >= 0.3 is 12.2 Å². The summed E-state index contributed by atoms with van der Waals surface area (Å²) in [7, 11) is 0. The van der Waals surface area contributed by atoms with Gasteiger partial charge < -0.3 is 19.3 Å². The van der Waals surface area contributed by atoms with Gasteiger partial charge in [0.25, 0.3) is 0 Å². The molecule has 0 radical (unpaired) electrons. The van der Waals surface area contributed by atoms with Crippen molar-refractivity contribution in [2.75, 3.05) is 6.54 Å². The Morgan fingerprint density at radius 1 is 1.03 bits per heavy atom. The molecule has 1 aromatic carbocycles. The highest BCUT2D eigenvalue weighted by molar-refractivity contribution is 5.71. The zero-order valence-electron chi connectivity index (χ0n) is 16.9. The molecule has 1 unspecified atom stereocenters. The Balaban J connectivity index is 1.21. The molecule has 4 aliphatic rings. The maximum atomic E-state index is 12.8. The van der Waals surface area contributed by atoms with Gasteiger partial charge in [-0.25, -0.2) is 9.59 Å². The Kier molecular flexibility index (Phi) is 4.88. The summed E-state index contributed by atoms with van der Waals surface area (Å²) < 4.78 is 11.7. The minimum Gasteiger partial charge on any atom is -0.445 e. The van der Waals surface area contributed by atoms with Crippen molar-refractivity contribution in [3.63, 3.8) is 0 Å².